The van der Waals surface area contributed by atoms with Crippen molar-refractivity contribution in [1.82, 2.24) is 10.3 Å². The van der Waals surface area contributed by atoms with Crippen molar-refractivity contribution in [3.63, 3.8) is 0 Å². The van der Waals surface area contributed by atoms with E-state index in [4.69, 9.17) is 4.74 Å². The summed E-state index contributed by atoms with van der Waals surface area (Å²) in [4.78, 5) is 27.3. The Morgan fingerprint density at radius 3 is 2.70 bits per heavy atom. The number of halogens is 1. The number of aryl methyl sites for hydroxylation is 1. The molecule has 1 aromatic carbocycles. The van der Waals surface area contributed by atoms with Crippen LogP contribution in [0.1, 0.15) is 44.6 Å². The molecule has 0 bridgehead atoms. The van der Waals surface area contributed by atoms with Gasteiger partial charge in [0.1, 0.15) is 5.69 Å². The van der Waals surface area contributed by atoms with Gasteiger partial charge in [-0.3, -0.25) is 4.79 Å². The highest BCUT2D eigenvalue weighted by Gasteiger charge is 2.23. The van der Waals surface area contributed by atoms with E-state index in [1.807, 2.05) is 31.2 Å². The number of hydrogen-bond acceptors (Lipinski definition) is 3. The Kier molecular flexibility index (Phi) is 5.60. The Morgan fingerprint density at radius 2 is 2.09 bits per heavy atom. The summed E-state index contributed by atoms with van der Waals surface area (Å²) in [7, 11) is 1.33. The molecule has 2 rings (SSSR count). The number of nitrogens with one attached hydrogen (secondary N) is 2. The lowest BCUT2D eigenvalue weighted by atomic mass is 10.1. The third-order valence-corrected chi connectivity index (χ3v) is 4.13. The van der Waals surface area contributed by atoms with Crippen molar-refractivity contribution in [3.05, 3.63) is 56.8 Å². The van der Waals surface area contributed by atoms with Gasteiger partial charge in [-0.1, -0.05) is 35.0 Å². The van der Waals surface area contributed by atoms with E-state index in [0.29, 0.717) is 35.5 Å². The minimum Gasteiger partial charge on any atom is -0.465 e. The molecular formula is C17H19BrN2O3. The largest absolute Gasteiger partial charge is 0.465 e. The van der Waals surface area contributed by atoms with Crippen LogP contribution in [-0.2, 0) is 17.7 Å². The number of carbonyl (C=O) groups is 2. The Labute approximate surface area is 143 Å². The number of carbonyl (C=O) groups excluding carboxylic acids is 2. The normalized spacial score (nSPS) is 10.4. The second-order valence-corrected chi connectivity index (χ2v) is 6.05. The second-order valence-electron chi connectivity index (χ2n) is 5.14. The summed E-state index contributed by atoms with van der Waals surface area (Å²) < 4.78 is 5.76. The van der Waals surface area contributed by atoms with Crippen molar-refractivity contribution in [2.75, 3.05) is 7.11 Å². The van der Waals surface area contributed by atoms with Gasteiger partial charge in [0, 0.05) is 16.7 Å². The molecule has 2 N–H and O–H groups in total. The third kappa shape index (κ3) is 3.82. The standard InChI is InChI=1S/C17H19BrN2O3/c1-4-13-14(17(22)23-3)10(2)15(20-13)16(21)19-9-11-6-5-7-12(18)8-11/h5-8,20H,4,9H2,1-3H3,(H,19,21). The quantitative estimate of drug-likeness (QED) is 0.783. The average molecular weight is 379 g/mol. The number of methoxy groups -OCH3 is 1. The van der Waals surface area contributed by atoms with E-state index >= 15 is 0 Å². The number of H-pyrrole nitrogens is 1. The van der Waals surface area contributed by atoms with Crippen LogP contribution in [0.15, 0.2) is 28.7 Å². The van der Waals surface area contributed by atoms with E-state index in [1.54, 1.807) is 6.92 Å². The zero-order valence-corrected chi connectivity index (χ0v) is 14.9. The van der Waals surface area contributed by atoms with Gasteiger partial charge in [0.15, 0.2) is 0 Å². The van der Waals surface area contributed by atoms with Crippen molar-refractivity contribution < 1.29 is 14.3 Å². The lowest BCUT2D eigenvalue weighted by Gasteiger charge is -2.06. The van der Waals surface area contributed by atoms with Gasteiger partial charge in [0.25, 0.3) is 5.91 Å². The Morgan fingerprint density at radius 1 is 1.35 bits per heavy atom. The summed E-state index contributed by atoms with van der Waals surface area (Å²) in [6.07, 6.45) is 0.615. The number of benzene rings is 1. The lowest BCUT2D eigenvalue weighted by molar-refractivity contribution is 0.0599. The molecule has 0 spiro atoms. The van der Waals surface area contributed by atoms with Crippen LogP contribution < -0.4 is 5.32 Å². The van der Waals surface area contributed by atoms with E-state index in [0.717, 1.165) is 10.0 Å². The molecule has 0 radical (unpaired) electrons. The zero-order valence-electron chi connectivity index (χ0n) is 13.3. The summed E-state index contributed by atoms with van der Waals surface area (Å²) in [5.74, 6) is -0.672. The molecule has 0 fully saturated rings. The molecule has 23 heavy (non-hydrogen) atoms. The van der Waals surface area contributed by atoms with E-state index in [-0.39, 0.29) is 5.91 Å². The van der Waals surface area contributed by atoms with Gasteiger partial charge in [0.2, 0.25) is 0 Å². The van der Waals surface area contributed by atoms with Crippen LogP contribution in [0.5, 0.6) is 0 Å². The van der Waals surface area contributed by atoms with Crippen LogP contribution in [-0.4, -0.2) is 24.0 Å². The first-order valence-corrected chi connectivity index (χ1v) is 8.09. The van der Waals surface area contributed by atoms with Crippen LogP contribution in [0.4, 0.5) is 0 Å². The first-order valence-electron chi connectivity index (χ1n) is 7.30. The van der Waals surface area contributed by atoms with E-state index in [9.17, 15) is 9.59 Å². The van der Waals surface area contributed by atoms with Gasteiger partial charge < -0.3 is 15.0 Å². The molecule has 0 saturated heterocycles. The highest BCUT2D eigenvalue weighted by atomic mass is 79.9. The lowest BCUT2D eigenvalue weighted by Crippen LogP contribution is -2.24. The Bertz CT molecular complexity index is 737. The molecule has 2 aromatic rings. The van der Waals surface area contributed by atoms with Gasteiger partial charge in [-0.15, -0.1) is 0 Å². The Hall–Kier alpha value is -2.08. The minimum atomic E-state index is -0.429. The smallest absolute Gasteiger partial charge is 0.339 e. The summed E-state index contributed by atoms with van der Waals surface area (Å²) in [6.45, 7) is 4.07. The van der Waals surface area contributed by atoms with Crippen molar-refractivity contribution >= 4 is 27.8 Å². The fourth-order valence-corrected chi connectivity index (χ4v) is 2.89. The Balaban J connectivity index is 2.19. The maximum Gasteiger partial charge on any atom is 0.339 e. The number of esters is 1. The number of hydrogen-bond donors (Lipinski definition) is 2. The fourth-order valence-electron chi connectivity index (χ4n) is 2.45. The SMILES string of the molecule is CCc1[nH]c(C(=O)NCc2cccc(Br)c2)c(C)c1C(=O)OC. The average Bonchev–Trinajstić information content (AvgIpc) is 2.88. The molecule has 0 aliphatic carbocycles. The van der Waals surface area contributed by atoms with Gasteiger partial charge in [0.05, 0.1) is 12.7 Å². The second kappa shape index (κ2) is 7.46. The maximum atomic E-state index is 12.4. The van der Waals surface area contributed by atoms with Gasteiger partial charge in [-0.2, -0.15) is 0 Å². The monoisotopic (exact) mass is 378 g/mol. The highest BCUT2D eigenvalue weighted by molar-refractivity contribution is 9.10. The summed E-state index contributed by atoms with van der Waals surface area (Å²) in [5, 5.41) is 2.86. The molecule has 6 heteroatoms. The number of aromatic nitrogens is 1. The summed E-state index contributed by atoms with van der Waals surface area (Å²) in [6, 6.07) is 7.72. The topological polar surface area (TPSA) is 71.2 Å². The summed E-state index contributed by atoms with van der Waals surface area (Å²) in [5.41, 5.74) is 3.16. The van der Waals surface area contributed by atoms with Crippen LogP contribution in [0, 0.1) is 6.92 Å². The first-order chi connectivity index (χ1) is 11.0. The predicted molar refractivity (Wildman–Crippen MR) is 91.6 cm³/mol. The number of aromatic amines is 1. The fraction of sp³-hybridized carbons (Fsp3) is 0.294. The third-order valence-electron chi connectivity index (χ3n) is 3.64. The number of rotatable bonds is 5. The first kappa shape index (κ1) is 17.3. The molecular weight excluding hydrogens is 360 g/mol. The highest BCUT2D eigenvalue weighted by Crippen LogP contribution is 2.20. The maximum absolute atomic E-state index is 12.4. The summed E-state index contributed by atoms with van der Waals surface area (Å²) >= 11 is 3.40. The predicted octanol–water partition coefficient (Wildman–Crippen LogP) is 3.36. The van der Waals surface area contributed by atoms with Crippen molar-refractivity contribution in [2.24, 2.45) is 0 Å². The molecule has 0 aliphatic heterocycles. The number of amides is 1. The zero-order chi connectivity index (χ0) is 17.0. The van der Waals surface area contributed by atoms with Crippen LogP contribution in [0.25, 0.3) is 0 Å². The van der Waals surface area contributed by atoms with Crippen molar-refractivity contribution in [2.45, 2.75) is 26.8 Å². The molecule has 1 amide bonds. The van der Waals surface area contributed by atoms with Crippen LogP contribution >= 0.6 is 15.9 Å². The molecule has 5 nitrogen and oxygen atoms in total. The minimum absolute atomic E-state index is 0.243. The van der Waals surface area contributed by atoms with Crippen molar-refractivity contribution in [1.29, 1.82) is 0 Å². The van der Waals surface area contributed by atoms with Gasteiger partial charge in [-0.25, -0.2) is 4.79 Å². The van der Waals surface area contributed by atoms with E-state index in [2.05, 4.69) is 26.2 Å². The van der Waals surface area contributed by atoms with E-state index < -0.39 is 5.97 Å². The number of ether oxygens (including phenoxy) is 1. The molecule has 0 aliphatic rings. The molecule has 1 aromatic heterocycles. The molecule has 122 valence electrons. The molecule has 0 saturated carbocycles. The van der Waals surface area contributed by atoms with Gasteiger partial charge in [-0.05, 0) is 36.6 Å². The molecule has 1 heterocycles. The van der Waals surface area contributed by atoms with Crippen LogP contribution in [0.3, 0.4) is 0 Å². The van der Waals surface area contributed by atoms with Crippen molar-refractivity contribution in [3.8, 4) is 0 Å². The molecule has 0 atom stereocenters. The van der Waals surface area contributed by atoms with Gasteiger partial charge >= 0.3 is 5.97 Å². The molecule has 0 unspecified atom stereocenters. The van der Waals surface area contributed by atoms with Crippen LogP contribution in [0.2, 0.25) is 0 Å². The van der Waals surface area contributed by atoms with E-state index in [1.165, 1.54) is 7.11 Å².